The van der Waals surface area contributed by atoms with Crippen molar-refractivity contribution in [2.75, 3.05) is 26.3 Å². The molecule has 6 heteroatoms. The molecule has 1 aliphatic carbocycles. The zero-order valence-corrected chi connectivity index (χ0v) is 13.3. The molecule has 2 saturated heterocycles. The van der Waals surface area contributed by atoms with Gasteiger partial charge in [-0.05, 0) is 37.7 Å². The van der Waals surface area contributed by atoms with Crippen LogP contribution in [-0.2, 0) is 9.47 Å². The second-order valence-corrected chi connectivity index (χ2v) is 7.02. The van der Waals surface area contributed by atoms with Crippen molar-refractivity contribution in [3.05, 3.63) is 24.3 Å². The van der Waals surface area contributed by atoms with E-state index in [-0.39, 0.29) is 17.6 Å². The van der Waals surface area contributed by atoms with Crippen LogP contribution >= 0.6 is 0 Å². The van der Waals surface area contributed by atoms with Crippen molar-refractivity contribution in [1.29, 1.82) is 0 Å². The van der Waals surface area contributed by atoms with E-state index in [4.69, 9.17) is 9.47 Å². The van der Waals surface area contributed by atoms with Gasteiger partial charge in [0.1, 0.15) is 12.0 Å². The number of rotatable bonds is 4. The Morgan fingerprint density at radius 2 is 2.39 bits per heavy atom. The number of carbonyl (C=O) groups is 1. The lowest BCUT2D eigenvalue weighted by Gasteiger charge is -2.39. The summed E-state index contributed by atoms with van der Waals surface area (Å²) in [7, 11) is 0. The highest BCUT2D eigenvalue weighted by Gasteiger charge is 2.45. The SMILES string of the molecule is O=C(c1ccncn1)N1CCC[C@]2(C[C@H](OCC3CC3)CO2)C1. The largest absolute Gasteiger partial charge is 0.375 e. The molecular formula is C17H23N3O3. The molecule has 1 aromatic heterocycles. The predicted molar refractivity (Wildman–Crippen MR) is 82.9 cm³/mol. The molecule has 0 bridgehead atoms. The van der Waals surface area contributed by atoms with Crippen molar-refractivity contribution >= 4 is 5.91 Å². The molecule has 4 rings (SSSR count). The highest BCUT2D eigenvalue weighted by molar-refractivity contribution is 5.92. The van der Waals surface area contributed by atoms with Gasteiger partial charge in [0.05, 0.1) is 24.9 Å². The lowest BCUT2D eigenvalue weighted by atomic mass is 9.89. The number of likely N-dealkylation sites (tertiary alicyclic amines) is 1. The molecule has 3 fully saturated rings. The molecule has 1 amide bonds. The molecule has 0 aromatic carbocycles. The molecule has 1 spiro atoms. The molecule has 1 aromatic rings. The van der Waals surface area contributed by atoms with Crippen LogP contribution in [0.25, 0.3) is 0 Å². The number of aromatic nitrogens is 2. The number of amides is 1. The van der Waals surface area contributed by atoms with Crippen molar-refractivity contribution in [3.8, 4) is 0 Å². The maximum atomic E-state index is 12.6. The standard InChI is InChI=1S/C17H23N3O3/c21-16(15-4-6-18-12-19-15)20-7-1-5-17(11-20)8-14(10-23-17)22-9-13-2-3-13/h4,6,12-14H,1-3,5,7-11H2/t14-,17-/m0/s1. The van der Waals surface area contributed by atoms with Crippen molar-refractivity contribution in [1.82, 2.24) is 14.9 Å². The summed E-state index contributed by atoms with van der Waals surface area (Å²) in [5, 5.41) is 0. The third kappa shape index (κ3) is 3.38. The number of piperidine rings is 1. The van der Waals surface area contributed by atoms with E-state index in [9.17, 15) is 4.79 Å². The summed E-state index contributed by atoms with van der Waals surface area (Å²) in [5.41, 5.74) is 0.228. The second-order valence-electron chi connectivity index (χ2n) is 7.02. The van der Waals surface area contributed by atoms with Gasteiger partial charge in [-0.2, -0.15) is 0 Å². The first-order valence-corrected chi connectivity index (χ1v) is 8.55. The molecule has 124 valence electrons. The van der Waals surface area contributed by atoms with E-state index < -0.39 is 0 Å². The minimum absolute atomic E-state index is 0.0302. The highest BCUT2D eigenvalue weighted by atomic mass is 16.6. The molecule has 23 heavy (non-hydrogen) atoms. The van der Waals surface area contributed by atoms with E-state index in [1.54, 1.807) is 12.3 Å². The average molecular weight is 317 g/mol. The Labute approximate surface area is 136 Å². The fraction of sp³-hybridized carbons (Fsp3) is 0.706. The predicted octanol–water partition coefficient (Wildman–Crippen LogP) is 1.67. The lowest BCUT2D eigenvalue weighted by Crippen LogP contribution is -2.50. The van der Waals surface area contributed by atoms with Gasteiger partial charge in [-0.25, -0.2) is 9.97 Å². The van der Waals surface area contributed by atoms with E-state index >= 15 is 0 Å². The van der Waals surface area contributed by atoms with Crippen LogP contribution in [0.2, 0.25) is 0 Å². The summed E-state index contributed by atoms with van der Waals surface area (Å²) in [6.45, 7) is 2.93. The molecule has 2 atom stereocenters. The Balaban J connectivity index is 1.37. The van der Waals surface area contributed by atoms with Gasteiger partial charge in [0.25, 0.3) is 5.91 Å². The zero-order chi connectivity index (χ0) is 15.7. The Morgan fingerprint density at radius 3 is 3.17 bits per heavy atom. The molecular weight excluding hydrogens is 294 g/mol. The molecule has 3 heterocycles. The summed E-state index contributed by atoms with van der Waals surface area (Å²) in [6.07, 6.45) is 8.68. The number of ether oxygens (including phenoxy) is 2. The molecule has 1 saturated carbocycles. The lowest BCUT2D eigenvalue weighted by molar-refractivity contribution is -0.0466. The van der Waals surface area contributed by atoms with E-state index in [2.05, 4.69) is 9.97 Å². The molecule has 6 nitrogen and oxygen atoms in total. The quantitative estimate of drug-likeness (QED) is 0.845. The van der Waals surface area contributed by atoms with Gasteiger partial charge < -0.3 is 14.4 Å². The zero-order valence-electron chi connectivity index (χ0n) is 13.3. The topological polar surface area (TPSA) is 64.6 Å². The van der Waals surface area contributed by atoms with Gasteiger partial charge in [-0.15, -0.1) is 0 Å². The smallest absolute Gasteiger partial charge is 0.272 e. The second kappa shape index (κ2) is 6.17. The minimum Gasteiger partial charge on any atom is -0.375 e. The summed E-state index contributed by atoms with van der Waals surface area (Å²) >= 11 is 0. The van der Waals surface area contributed by atoms with E-state index in [0.29, 0.717) is 18.8 Å². The molecule has 0 radical (unpaired) electrons. The summed E-state index contributed by atoms with van der Waals surface area (Å²) < 4.78 is 12.1. The van der Waals surface area contributed by atoms with Gasteiger partial charge in [0, 0.05) is 25.8 Å². The molecule has 2 aliphatic heterocycles. The van der Waals surface area contributed by atoms with Crippen LogP contribution in [0.4, 0.5) is 0 Å². The summed E-state index contributed by atoms with van der Waals surface area (Å²) in [5.74, 6) is 0.742. The van der Waals surface area contributed by atoms with Crippen LogP contribution in [0.1, 0.15) is 42.6 Å². The van der Waals surface area contributed by atoms with Crippen LogP contribution in [0, 0.1) is 5.92 Å². The number of carbonyl (C=O) groups excluding carboxylic acids is 1. The Bertz CT molecular complexity index is 563. The van der Waals surface area contributed by atoms with Gasteiger partial charge in [-0.3, -0.25) is 4.79 Å². The highest BCUT2D eigenvalue weighted by Crippen LogP contribution is 2.37. The van der Waals surface area contributed by atoms with Crippen molar-refractivity contribution in [2.24, 2.45) is 5.92 Å². The average Bonchev–Trinajstić information content (AvgIpc) is 3.35. The normalized spacial score (nSPS) is 30.8. The van der Waals surface area contributed by atoms with Gasteiger partial charge in [0.15, 0.2) is 0 Å². The van der Waals surface area contributed by atoms with Crippen LogP contribution in [0.5, 0.6) is 0 Å². The third-order valence-corrected chi connectivity index (χ3v) is 5.07. The van der Waals surface area contributed by atoms with Crippen LogP contribution in [-0.4, -0.2) is 58.8 Å². The first-order valence-electron chi connectivity index (χ1n) is 8.55. The van der Waals surface area contributed by atoms with Gasteiger partial charge >= 0.3 is 0 Å². The van der Waals surface area contributed by atoms with Crippen molar-refractivity contribution in [3.63, 3.8) is 0 Å². The Morgan fingerprint density at radius 1 is 1.48 bits per heavy atom. The number of hydrogen-bond acceptors (Lipinski definition) is 5. The summed E-state index contributed by atoms with van der Waals surface area (Å²) in [4.78, 5) is 22.4. The first-order chi connectivity index (χ1) is 11.2. The van der Waals surface area contributed by atoms with Crippen molar-refractivity contribution < 1.29 is 14.3 Å². The third-order valence-electron chi connectivity index (χ3n) is 5.07. The van der Waals surface area contributed by atoms with Gasteiger partial charge in [-0.1, -0.05) is 0 Å². The van der Waals surface area contributed by atoms with E-state index in [1.807, 2.05) is 4.90 Å². The number of nitrogens with zero attached hydrogens (tertiary/aromatic N) is 3. The Kier molecular flexibility index (Phi) is 4.03. The fourth-order valence-corrected chi connectivity index (χ4v) is 3.60. The monoisotopic (exact) mass is 317 g/mol. The van der Waals surface area contributed by atoms with Crippen LogP contribution < -0.4 is 0 Å². The fourth-order valence-electron chi connectivity index (χ4n) is 3.60. The maximum Gasteiger partial charge on any atom is 0.272 e. The van der Waals surface area contributed by atoms with Crippen LogP contribution in [0.15, 0.2) is 18.6 Å². The van der Waals surface area contributed by atoms with E-state index in [1.165, 1.54) is 19.2 Å². The molecule has 0 N–H and O–H groups in total. The van der Waals surface area contributed by atoms with Gasteiger partial charge in [0.2, 0.25) is 0 Å². The summed E-state index contributed by atoms with van der Waals surface area (Å²) in [6, 6.07) is 1.67. The van der Waals surface area contributed by atoms with E-state index in [0.717, 1.165) is 38.3 Å². The molecule has 0 unspecified atom stereocenters. The van der Waals surface area contributed by atoms with Crippen LogP contribution in [0.3, 0.4) is 0 Å². The van der Waals surface area contributed by atoms with Crippen molar-refractivity contribution in [2.45, 2.75) is 43.8 Å². The number of hydrogen-bond donors (Lipinski definition) is 0. The maximum absolute atomic E-state index is 12.6. The first kappa shape index (κ1) is 15.0. The molecule has 3 aliphatic rings. The Hall–Kier alpha value is -1.53. The minimum atomic E-state index is -0.227.